The van der Waals surface area contributed by atoms with Gasteiger partial charge in [-0.25, -0.2) is 4.79 Å². The molecule has 5 nitrogen and oxygen atoms in total. The number of hydrogen-bond donors (Lipinski definition) is 2. The summed E-state index contributed by atoms with van der Waals surface area (Å²) in [6.45, 7) is 2.29. The average molecular weight is 287 g/mol. The van der Waals surface area contributed by atoms with Gasteiger partial charge in [-0.15, -0.1) is 0 Å². The van der Waals surface area contributed by atoms with Crippen molar-refractivity contribution >= 4 is 11.7 Å². The molecule has 2 aromatic rings. The molecule has 110 valence electrons. The molecule has 0 heterocycles. The smallest absolute Gasteiger partial charge is 0.341 e. The first-order valence-corrected chi connectivity index (χ1v) is 6.57. The molecule has 0 aliphatic carbocycles. The minimum atomic E-state index is -0.446. The Morgan fingerprint density at radius 2 is 1.90 bits per heavy atom. The maximum Gasteiger partial charge on any atom is 0.341 e. The number of carbonyl (C=O) groups excluding carboxylic acids is 1. The van der Waals surface area contributed by atoms with Crippen LogP contribution in [0, 0.1) is 0 Å². The molecular weight excluding hydrogens is 270 g/mol. The van der Waals surface area contributed by atoms with E-state index >= 15 is 0 Å². The Labute approximate surface area is 122 Å². The zero-order valence-electron chi connectivity index (χ0n) is 11.7. The highest BCUT2D eigenvalue weighted by atomic mass is 16.5. The van der Waals surface area contributed by atoms with E-state index in [1.54, 1.807) is 49.4 Å². The monoisotopic (exact) mass is 287 g/mol. The summed E-state index contributed by atoms with van der Waals surface area (Å²) in [4.78, 5) is 11.9. The maximum absolute atomic E-state index is 11.9. The van der Waals surface area contributed by atoms with E-state index in [9.17, 15) is 9.90 Å². The molecule has 2 aromatic carbocycles. The van der Waals surface area contributed by atoms with Gasteiger partial charge < -0.3 is 20.3 Å². The van der Waals surface area contributed by atoms with Gasteiger partial charge in [-0.1, -0.05) is 12.1 Å². The quantitative estimate of drug-likeness (QED) is 0.652. The van der Waals surface area contributed by atoms with Crippen LogP contribution >= 0.6 is 0 Å². The van der Waals surface area contributed by atoms with E-state index in [2.05, 4.69) is 0 Å². The number of hydrogen-bond acceptors (Lipinski definition) is 5. The van der Waals surface area contributed by atoms with Crippen LogP contribution in [0.3, 0.4) is 0 Å². The Bertz CT molecular complexity index is 623. The Hall–Kier alpha value is -2.69. The fraction of sp³-hybridized carbons (Fsp3) is 0.188. The van der Waals surface area contributed by atoms with Gasteiger partial charge in [0.2, 0.25) is 0 Å². The van der Waals surface area contributed by atoms with E-state index in [4.69, 9.17) is 15.2 Å². The average Bonchev–Trinajstić information content (AvgIpc) is 2.47. The first-order valence-electron chi connectivity index (χ1n) is 6.57. The summed E-state index contributed by atoms with van der Waals surface area (Å²) < 4.78 is 10.6. The topological polar surface area (TPSA) is 81.8 Å². The Kier molecular flexibility index (Phi) is 4.66. The molecule has 0 spiro atoms. The minimum absolute atomic E-state index is 0.190. The first kappa shape index (κ1) is 14.7. The van der Waals surface area contributed by atoms with Gasteiger partial charge >= 0.3 is 5.97 Å². The summed E-state index contributed by atoms with van der Waals surface area (Å²) in [5.41, 5.74) is 7.43. The van der Waals surface area contributed by atoms with Crippen LogP contribution in [0.25, 0.3) is 0 Å². The third kappa shape index (κ3) is 3.89. The van der Waals surface area contributed by atoms with Gasteiger partial charge in [0.1, 0.15) is 23.7 Å². The van der Waals surface area contributed by atoms with E-state index in [1.807, 2.05) is 0 Å². The zero-order valence-corrected chi connectivity index (χ0v) is 11.7. The number of benzene rings is 2. The molecule has 0 atom stereocenters. The summed E-state index contributed by atoms with van der Waals surface area (Å²) in [5, 5.41) is 9.24. The van der Waals surface area contributed by atoms with Crippen molar-refractivity contribution in [3.05, 3.63) is 53.6 Å². The predicted octanol–water partition coefficient (Wildman–Crippen LogP) is 2.73. The van der Waals surface area contributed by atoms with E-state index in [0.717, 1.165) is 5.56 Å². The van der Waals surface area contributed by atoms with Crippen molar-refractivity contribution in [1.82, 2.24) is 0 Å². The lowest BCUT2D eigenvalue weighted by atomic mass is 10.2. The Balaban J connectivity index is 2.16. The molecule has 0 unspecified atom stereocenters. The van der Waals surface area contributed by atoms with E-state index in [1.165, 1.54) is 0 Å². The van der Waals surface area contributed by atoms with E-state index in [-0.39, 0.29) is 12.4 Å². The van der Waals surface area contributed by atoms with Crippen LogP contribution in [0.1, 0.15) is 22.8 Å². The second-order valence-corrected chi connectivity index (χ2v) is 4.43. The first-order chi connectivity index (χ1) is 10.1. The number of nitrogens with two attached hydrogens (primary N) is 1. The number of esters is 1. The molecular formula is C16H17NO4. The highest BCUT2D eigenvalue weighted by Gasteiger charge is 2.14. The molecule has 0 bridgehead atoms. The molecule has 5 heteroatoms. The van der Waals surface area contributed by atoms with Crippen LogP contribution in [0.15, 0.2) is 42.5 Å². The highest BCUT2D eigenvalue weighted by Crippen LogP contribution is 2.24. The molecule has 0 amide bonds. The van der Waals surface area contributed by atoms with Crippen LogP contribution in [-0.2, 0) is 11.3 Å². The number of ether oxygens (including phenoxy) is 2. The predicted molar refractivity (Wildman–Crippen MR) is 79.2 cm³/mol. The molecule has 0 saturated carbocycles. The third-order valence-corrected chi connectivity index (χ3v) is 2.83. The summed E-state index contributed by atoms with van der Waals surface area (Å²) in [6, 6.07) is 11.4. The van der Waals surface area contributed by atoms with Crippen molar-refractivity contribution in [2.75, 3.05) is 12.3 Å². The molecule has 21 heavy (non-hydrogen) atoms. The lowest BCUT2D eigenvalue weighted by Crippen LogP contribution is -2.08. The van der Waals surface area contributed by atoms with Crippen LogP contribution < -0.4 is 10.5 Å². The molecule has 3 N–H and O–H groups in total. The summed E-state index contributed by atoms with van der Waals surface area (Å²) >= 11 is 0. The Morgan fingerprint density at radius 3 is 2.57 bits per heavy atom. The molecule has 0 radical (unpaired) electrons. The van der Waals surface area contributed by atoms with Gasteiger partial charge in [0.15, 0.2) is 0 Å². The molecule has 0 saturated heterocycles. The normalized spacial score (nSPS) is 10.1. The van der Waals surface area contributed by atoms with Crippen molar-refractivity contribution in [2.24, 2.45) is 0 Å². The van der Waals surface area contributed by atoms with Gasteiger partial charge in [0.05, 0.1) is 6.61 Å². The number of rotatable bonds is 5. The van der Waals surface area contributed by atoms with Crippen LogP contribution in [0.2, 0.25) is 0 Å². The zero-order chi connectivity index (χ0) is 15.2. The molecule has 0 aliphatic heterocycles. The molecule has 0 fully saturated rings. The summed E-state index contributed by atoms with van der Waals surface area (Å²) in [7, 11) is 0. The molecule has 0 aromatic heterocycles. The summed E-state index contributed by atoms with van der Waals surface area (Å²) in [5.74, 6) is 0.120. The maximum atomic E-state index is 11.9. The van der Waals surface area contributed by atoms with Crippen molar-refractivity contribution < 1.29 is 19.4 Å². The lowest BCUT2D eigenvalue weighted by Gasteiger charge is -2.11. The molecule has 2 rings (SSSR count). The Morgan fingerprint density at radius 1 is 1.19 bits per heavy atom. The van der Waals surface area contributed by atoms with Crippen molar-refractivity contribution in [2.45, 2.75) is 13.5 Å². The van der Waals surface area contributed by atoms with Crippen LogP contribution in [-0.4, -0.2) is 17.7 Å². The fourth-order valence-corrected chi connectivity index (χ4v) is 1.79. The van der Waals surface area contributed by atoms with Crippen LogP contribution in [0.5, 0.6) is 11.5 Å². The number of nitrogen functional groups attached to an aromatic ring is 1. The van der Waals surface area contributed by atoms with Crippen molar-refractivity contribution in [3.63, 3.8) is 0 Å². The van der Waals surface area contributed by atoms with Gasteiger partial charge in [0.25, 0.3) is 0 Å². The second-order valence-electron chi connectivity index (χ2n) is 4.43. The standard InChI is InChI=1S/C16H17NO4/c1-2-20-16(19)14-8-5-12(17)9-15(14)21-10-11-3-6-13(18)7-4-11/h3-9,18H,2,10,17H2,1H3. The summed E-state index contributed by atoms with van der Waals surface area (Å²) in [6.07, 6.45) is 0. The van der Waals surface area contributed by atoms with Crippen molar-refractivity contribution in [1.29, 1.82) is 0 Å². The number of phenols is 1. The third-order valence-electron chi connectivity index (χ3n) is 2.83. The lowest BCUT2D eigenvalue weighted by molar-refractivity contribution is 0.0521. The largest absolute Gasteiger partial charge is 0.508 e. The van der Waals surface area contributed by atoms with E-state index < -0.39 is 5.97 Å². The number of carbonyl (C=O) groups is 1. The number of anilines is 1. The van der Waals surface area contributed by atoms with Gasteiger partial charge in [-0.3, -0.25) is 0 Å². The van der Waals surface area contributed by atoms with Crippen LogP contribution in [0.4, 0.5) is 5.69 Å². The van der Waals surface area contributed by atoms with Gasteiger partial charge in [-0.05, 0) is 36.8 Å². The second kappa shape index (κ2) is 6.65. The number of aromatic hydroxyl groups is 1. The minimum Gasteiger partial charge on any atom is -0.508 e. The highest BCUT2D eigenvalue weighted by molar-refractivity contribution is 5.93. The SMILES string of the molecule is CCOC(=O)c1ccc(N)cc1OCc1ccc(O)cc1. The number of phenolic OH excluding ortho intramolecular Hbond substituents is 1. The van der Waals surface area contributed by atoms with Gasteiger partial charge in [0, 0.05) is 11.8 Å². The van der Waals surface area contributed by atoms with Gasteiger partial charge in [-0.2, -0.15) is 0 Å². The van der Waals surface area contributed by atoms with Crippen molar-refractivity contribution in [3.8, 4) is 11.5 Å². The van der Waals surface area contributed by atoms with E-state index in [0.29, 0.717) is 23.6 Å². The fourth-order valence-electron chi connectivity index (χ4n) is 1.79. The molecule has 0 aliphatic rings.